The van der Waals surface area contributed by atoms with E-state index in [-0.39, 0.29) is 6.42 Å². The highest BCUT2D eigenvalue weighted by Crippen LogP contribution is 2.28. The highest BCUT2D eigenvalue weighted by molar-refractivity contribution is 6.08. The van der Waals surface area contributed by atoms with Gasteiger partial charge in [0.15, 0.2) is 0 Å². The van der Waals surface area contributed by atoms with Crippen LogP contribution in [0, 0.1) is 0 Å². The van der Waals surface area contributed by atoms with Gasteiger partial charge >= 0.3 is 5.97 Å². The van der Waals surface area contributed by atoms with Crippen molar-refractivity contribution in [3.05, 3.63) is 48.0 Å². The number of aryl methyl sites for hydroxylation is 1. The van der Waals surface area contributed by atoms with Crippen LogP contribution in [0.2, 0.25) is 0 Å². The Morgan fingerprint density at radius 3 is 2.61 bits per heavy atom. The van der Waals surface area contributed by atoms with Crippen molar-refractivity contribution in [1.82, 2.24) is 4.57 Å². The first-order valence-corrected chi connectivity index (χ1v) is 5.84. The maximum absolute atomic E-state index is 10.8. The Kier molecular flexibility index (Phi) is 2.33. The van der Waals surface area contributed by atoms with Gasteiger partial charge in [0.05, 0.1) is 6.42 Å². The van der Waals surface area contributed by atoms with Crippen LogP contribution in [0.5, 0.6) is 0 Å². The van der Waals surface area contributed by atoms with Crippen molar-refractivity contribution in [2.75, 3.05) is 0 Å². The molecule has 3 rings (SSSR count). The molecule has 1 aromatic heterocycles. The van der Waals surface area contributed by atoms with Gasteiger partial charge in [0, 0.05) is 28.9 Å². The molecular weight excluding hydrogens is 226 g/mol. The molecule has 0 bridgehead atoms. The molecule has 0 aliphatic rings. The summed E-state index contributed by atoms with van der Waals surface area (Å²) >= 11 is 0. The van der Waals surface area contributed by atoms with Gasteiger partial charge in [-0.1, -0.05) is 30.3 Å². The monoisotopic (exact) mass is 239 g/mol. The number of rotatable bonds is 2. The van der Waals surface area contributed by atoms with E-state index in [2.05, 4.69) is 16.7 Å². The molecule has 0 radical (unpaired) electrons. The van der Waals surface area contributed by atoms with E-state index >= 15 is 0 Å². The highest BCUT2D eigenvalue weighted by Gasteiger charge is 2.09. The number of para-hydroxylation sites is 1. The molecule has 0 aliphatic heterocycles. The molecule has 0 fully saturated rings. The van der Waals surface area contributed by atoms with Gasteiger partial charge in [0.25, 0.3) is 0 Å². The minimum absolute atomic E-state index is 0.0669. The zero-order valence-corrected chi connectivity index (χ0v) is 10.1. The van der Waals surface area contributed by atoms with E-state index in [4.69, 9.17) is 5.11 Å². The minimum atomic E-state index is -0.798. The van der Waals surface area contributed by atoms with E-state index in [0.29, 0.717) is 0 Å². The van der Waals surface area contributed by atoms with Gasteiger partial charge in [-0.3, -0.25) is 4.79 Å². The van der Waals surface area contributed by atoms with Gasteiger partial charge in [-0.25, -0.2) is 0 Å². The van der Waals surface area contributed by atoms with Gasteiger partial charge < -0.3 is 9.67 Å². The Balaban J connectivity index is 2.31. The maximum atomic E-state index is 10.8. The van der Waals surface area contributed by atoms with Crippen molar-refractivity contribution in [1.29, 1.82) is 0 Å². The molecule has 90 valence electrons. The second kappa shape index (κ2) is 3.88. The van der Waals surface area contributed by atoms with E-state index < -0.39 is 5.97 Å². The zero-order chi connectivity index (χ0) is 12.7. The number of hydrogen-bond donors (Lipinski definition) is 1. The lowest BCUT2D eigenvalue weighted by atomic mass is 10.1. The Morgan fingerprint density at radius 2 is 1.83 bits per heavy atom. The predicted octanol–water partition coefficient (Wildman–Crippen LogP) is 2.96. The standard InChI is InChI=1S/C15H13NO2/c1-16-13-5-3-2-4-11(13)12-7-6-10(8-14(12)16)9-15(17)18/h2-8H,9H2,1H3,(H,17,18). The number of nitrogens with zero attached hydrogens (tertiary/aromatic N) is 1. The number of carboxylic acids is 1. The maximum Gasteiger partial charge on any atom is 0.307 e. The molecule has 3 aromatic rings. The summed E-state index contributed by atoms with van der Waals surface area (Å²) < 4.78 is 2.11. The van der Waals surface area contributed by atoms with E-state index in [1.807, 2.05) is 37.4 Å². The molecule has 0 spiro atoms. The fourth-order valence-electron chi connectivity index (χ4n) is 2.49. The van der Waals surface area contributed by atoms with Gasteiger partial charge in [0.1, 0.15) is 0 Å². The largest absolute Gasteiger partial charge is 0.481 e. The number of fused-ring (bicyclic) bond motifs is 3. The average Bonchev–Trinajstić information content (AvgIpc) is 2.63. The summed E-state index contributed by atoms with van der Waals surface area (Å²) in [4.78, 5) is 10.8. The topological polar surface area (TPSA) is 42.2 Å². The number of hydrogen-bond acceptors (Lipinski definition) is 1. The normalized spacial score (nSPS) is 11.2. The highest BCUT2D eigenvalue weighted by atomic mass is 16.4. The first-order valence-electron chi connectivity index (χ1n) is 5.84. The van der Waals surface area contributed by atoms with E-state index in [0.717, 1.165) is 11.1 Å². The molecule has 0 amide bonds. The number of carboxylic acid groups (broad SMARTS) is 1. The number of aliphatic carboxylic acids is 1. The van der Waals surface area contributed by atoms with Crippen LogP contribution in [0.15, 0.2) is 42.5 Å². The molecule has 3 heteroatoms. The summed E-state index contributed by atoms with van der Waals surface area (Å²) in [7, 11) is 2.01. The van der Waals surface area contributed by atoms with Crippen molar-refractivity contribution < 1.29 is 9.90 Å². The van der Waals surface area contributed by atoms with E-state index in [1.54, 1.807) is 0 Å². The van der Waals surface area contributed by atoms with Crippen molar-refractivity contribution in [3.63, 3.8) is 0 Å². The SMILES string of the molecule is Cn1c2ccccc2c2ccc(CC(=O)O)cc21. The third-order valence-electron chi connectivity index (χ3n) is 3.33. The molecule has 0 aliphatic carbocycles. The van der Waals surface area contributed by atoms with Gasteiger partial charge in [0.2, 0.25) is 0 Å². The quantitative estimate of drug-likeness (QED) is 0.747. The first kappa shape index (κ1) is 10.8. The lowest BCUT2D eigenvalue weighted by Gasteiger charge is -2.00. The summed E-state index contributed by atoms with van der Waals surface area (Å²) in [6.07, 6.45) is 0.0669. The molecule has 0 unspecified atom stereocenters. The average molecular weight is 239 g/mol. The van der Waals surface area contributed by atoms with Crippen LogP contribution >= 0.6 is 0 Å². The van der Waals surface area contributed by atoms with Gasteiger partial charge in [-0.2, -0.15) is 0 Å². The molecule has 18 heavy (non-hydrogen) atoms. The van der Waals surface area contributed by atoms with Crippen LogP contribution in [0.4, 0.5) is 0 Å². The van der Waals surface area contributed by atoms with Crippen LogP contribution in [-0.2, 0) is 18.3 Å². The number of aromatic nitrogens is 1. The molecule has 1 heterocycles. The summed E-state index contributed by atoms with van der Waals surface area (Å²) in [5.41, 5.74) is 3.08. The Bertz CT molecular complexity index is 756. The Labute approximate surface area is 104 Å². The second-order valence-electron chi connectivity index (χ2n) is 4.50. The fraction of sp³-hybridized carbons (Fsp3) is 0.133. The Hall–Kier alpha value is -2.29. The van der Waals surface area contributed by atoms with Crippen LogP contribution < -0.4 is 0 Å². The minimum Gasteiger partial charge on any atom is -0.481 e. The number of benzene rings is 2. The molecule has 0 saturated carbocycles. The van der Waals surface area contributed by atoms with Gasteiger partial charge in [-0.15, -0.1) is 0 Å². The lowest BCUT2D eigenvalue weighted by molar-refractivity contribution is -0.136. The fourth-order valence-corrected chi connectivity index (χ4v) is 2.49. The van der Waals surface area contributed by atoms with E-state index in [9.17, 15) is 4.79 Å². The first-order chi connectivity index (χ1) is 8.66. The van der Waals surface area contributed by atoms with Crippen LogP contribution in [0.1, 0.15) is 5.56 Å². The van der Waals surface area contributed by atoms with Crippen LogP contribution in [0.25, 0.3) is 21.8 Å². The summed E-state index contributed by atoms with van der Waals surface area (Å²) in [6, 6.07) is 14.1. The molecule has 1 N–H and O–H groups in total. The Morgan fingerprint density at radius 1 is 1.11 bits per heavy atom. The van der Waals surface area contributed by atoms with Crippen LogP contribution in [0.3, 0.4) is 0 Å². The molecular formula is C15H13NO2. The summed E-state index contributed by atoms with van der Waals surface area (Å²) in [5.74, 6) is -0.798. The second-order valence-corrected chi connectivity index (χ2v) is 4.50. The summed E-state index contributed by atoms with van der Waals surface area (Å²) in [6.45, 7) is 0. The van der Waals surface area contributed by atoms with Crippen molar-refractivity contribution in [2.24, 2.45) is 7.05 Å². The van der Waals surface area contributed by atoms with Crippen molar-refractivity contribution in [2.45, 2.75) is 6.42 Å². The number of carbonyl (C=O) groups is 1. The van der Waals surface area contributed by atoms with Gasteiger partial charge in [-0.05, 0) is 17.7 Å². The smallest absolute Gasteiger partial charge is 0.307 e. The van der Waals surface area contributed by atoms with Crippen molar-refractivity contribution >= 4 is 27.8 Å². The summed E-state index contributed by atoms with van der Waals surface area (Å²) in [5, 5.41) is 11.2. The van der Waals surface area contributed by atoms with Crippen molar-refractivity contribution in [3.8, 4) is 0 Å². The third-order valence-corrected chi connectivity index (χ3v) is 3.33. The van der Waals surface area contributed by atoms with Crippen LogP contribution in [-0.4, -0.2) is 15.6 Å². The molecule has 2 aromatic carbocycles. The predicted molar refractivity (Wildman–Crippen MR) is 71.8 cm³/mol. The zero-order valence-electron chi connectivity index (χ0n) is 10.1. The molecule has 3 nitrogen and oxygen atoms in total. The molecule has 0 saturated heterocycles. The third kappa shape index (κ3) is 1.56. The van der Waals surface area contributed by atoms with E-state index in [1.165, 1.54) is 16.3 Å². The lowest BCUT2D eigenvalue weighted by Crippen LogP contribution is -1.99. The molecule has 0 atom stereocenters.